The summed E-state index contributed by atoms with van der Waals surface area (Å²) in [7, 11) is 0. The molecule has 0 aromatic carbocycles. The molecule has 4 aliphatic rings. The molecule has 0 aromatic heterocycles. The molecule has 0 aliphatic carbocycles. The highest BCUT2D eigenvalue weighted by Gasteiger charge is 2.37. The minimum atomic E-state index is 0.963. The Balaban J connectivity index is 1.66. The minimum Gasteiger partial charge on any atom is -0.317 e. The van der Waals surface area contributed by atoms with Gasteiger partial charge in [-0.15, -0.1) is 0 Å². The van der Waals surface area contributed by atoms with Crippen LogP contribution < -0.4 is 5.32 Å². The summed E-state index contributed by atoms with van der Waals surface area (Å²) >= 11 is 0. The Bertz CT molecular complexity index is 190. The van der Waals surface area contributed by atoms with Gasteiger partial charge in [0, 0.05) is 6.04 Å². The Morgan fingerprint density at radius 2 is 1.64 bits per heavy atom. The van der Waals surface area contributed by atoms with Crippen molar-refractivity contribution in [3.05, 3.63) is 0 Å². The molecule has 14 heavy (non-hydrogen) atoms. The Morgan fingerprint density at radius 1 is 0.929 bits per heavy atom. The van der Waals surface area contributed by atoms with E-state index < -0.39 is 0 Å². The molecule has 4 saturated heterocycles. The van der Waals surface area contributed by atoms with Crippen LogP contribution in [0.2, 0.25) is 0 Å². The molecule has 4 aliphatic heterocycles. The van der Waals surface area contributed by atoms with Crippen LogP contribution >= 0.6 is 0 Å². The molecular weight excluding hydrogens is 172 g/mol. The molecule has 4 rings (SSSR count). The van der Waals surface area contributed by atoms with Gasteiger partial charge >= 0.3 is 0 Å². The van der Waals surface area contributed by atoms with E-state index in [1.165, 1.54) is 58.3 Å². The van der Waals surface area contributed by atoms with Gasteiger partial charge < -0.3 is 10.2 Å². The minimum absolute atomic E-state index is 0.963. The van der Waals surface area contributed by atoms with Gasteiger partial charge in [-0.1, -0.05) is 0 Å². The maximum absolute atomic E-state index is 3.48. The number of hydrogen-bond acceptors (Lipinski definition) is 2. The average Bonchev–Trinajstić information content (AvgIpc) is 2.32. The van der Waals surface area contributed by atoms with Crippen molar-refractivity contribution < 1.29 is 0 Å². The maximum atomic E-state index is 3.48. The first kappa shape index (κ1) is 9.17. The van der Waals surface area contributed by atoms with E-state index in [1.807, 2.05) is 0 Å². The van der Waals surface area contributed by atoms with Gasteiger partial charge in [0.25, 0.3) is 0 Å². The zero-order chi connectivity index (χ0) is 9.38. The summed E-state index contributed by atoms with van der Waals surface area (Å²) < 4.78 is 0. The lowest BCUT2D eigenvalue weighted by Crippen LogP contribution is -2.53. The lowest BCUT2D eigenvalue weighted by atomic mass is 9.76. The fourth-order valence-electron chi connectivity index (χ4n) is 3.73. The first-order valence-corrected chi connectivity index (χ1v) is 6.38. The Kier molecular flexibility index (Phi) is 2.50. The fraction of sp³-hybridized carbons (Fsp3) is 1.00. The normalized spacial score (nSPS) is 44.1. The van der Waals surface area contributed by atoms with Crippen molar-refractivity contribution in [1.82, 2.24) is 10.2 Å². The van der Waals surface area contributed by atoms with Crippen LogP contribution in [0.25, 0.3) is 0 Å². The second-order valence-corrected chi connectivity index (χ2v) is 5.37. The predicted molar refractivity (Wildman–Crippen MR) is 58.3 cm³/mol. The van der Waals surface area contributed by atoms with Crippen LogP contribution in [-0.2, 0) is 0 Å². The van der Waals surface area contributed by atoms with Crippen molar-refractivity contribution in [1.29, 1.82) is 0 Å². The van der Waals surface area contributed by atoms with Gasteiger partial charge in [0.05, 0.1) is 0 Å². The number of piperidine rings is 4. The van der Waals surface area contributed by atoms with Crippen LogP contribution in [0.15, 0.2) is 0 Å². The van der Waals surface area contributed by atoms with Crippen molar-refractivity contribution in [3.8, 4) is 0 Å². The summed E-state index contributed by atoms with van der Waals surface area (Å²) in [5, 5.41) is 3.48. The zero-order valence-corrected chi connectivity index (χ0v) is 9.04. The SMILES string of the molecule is C1CC(C2CC3CCN2CC3)CCN1. The Hall–Kier alpha value is -0.0800. The standard InChI is InChI=1S/C12H22N2/c1-5-13-6-2-11(1)12-9-10-3-7-14(12)8-4-10/h10-13H,1-9H2. The molecule has 0 amide bonds. The molecule has 2 nitrogen and oxygen atoms in total. The fourth-order valence-corrected chi connectivity index (χ4v) is 3.73. The monoisotopic (exact) mass is 194 g/mol. The Morgan fingerprint density at radius 3 is 2.21 bits per heavy atom. The highest BCUT2D eigenvalue weighted by molar-refractivity contribution is 4.92. The molecule has 80 valence electrons. The first-order valence-electron chi connectivity index (χ1n) is 6.38. The van der Waals surface area contributed by atoms with E-state index in [2.05, 4.69) is 10.2 Å². The van der Waals surface area contributed by atoms with Gasteiger partial charge in [-0.25, -0.2) is 0 Å². The van der Waals surface area contributed by atoms with Gasteiger partial charge in [0.15, 0.2) is 0 Å². The maximum Gasteiger partial charge on any atom is 0.0127 e. The summed E-state index contributed by atoms with van der Waals surface area (Å²) in [6.07, 6.45) is 7.34. The molecule has 2 bridgehead atoms. The van der Waals surface area contributed by atoms with Crippen molar-refractivity contribution in [2.75, 3.05) is 26.2 Å². The number of rotatable bonds is 1. The topological polar surface area (TPSA) is 15.3 Å². The lowest BCUT2D eigenvalue weighted by Gasteiger charge is -2.49. The number of fused-ring (bicyclic) bond motifs is 3. The van der Waals surface area contributed by atoms with Crippen molar-refractivity contribution >= 4 is 0 Å². The first-order chi connectivity index (χ1) is 6.93. The van der Waals surface area contributed by atoms with E-state index >= 15 is 0 Å². The van der Waals surface area contributed by atoms with Crippen LogP contribution in [0.3, 0.4) is 0 Å². The van der Waals surface area contributed by atoms with Crippen LogP contribution in [0.1, 0.15) is 32.1 Å². The van der Waals surface area contributed by atoms with Crippen molar-refractivity contribution in [3.63, 3.8) is 0 Å². The molecule has 4 heterocycles. The quantitative estimate of drug-likeness (QED) is 0.680. The van der Waals surface area contributed by atoms with Crippen LogP contribution in [0.5, 0.6) is 0 Å². The van der Waals surface area contributed by atoms with E-state index in [-0.39, 0.29) is 0 Å². The van der Waals surface area contributed by atoms with Gasteiger partial charge in [-0.2, -0.15) is 0 Å². The van der Waals surface area contributed by atoms with E-state index in [0.717, 1.165) is 17.9 Å². The summed E-state index contributed by atoms with van der Waals surface area (Å²) in [6, 6.07) is 0.963. The third-order valence-corrected chi connectivity index (χ3v) is 4.62. The van der Waals surface area contributed by atoms with Crippen LogP contribution in [-0.4, -0.2) is 37.1 Å². The number of nitrogens with zero attached hydrogens (tertiary/aromatic N) is 1. The van der Waals surface area contributed by atoms with Crippen molar-refractivity contribution in [2.45, 2.75) is 38.1 Å². The third kappa shape index (κ3) is 1.59. The molecule has 1 N–H and O–H groups in total. The number of hydrogen-bond donors (Lipinski definition) is 1. The van der Waals surface area contributed by atoms with Gasteiger partial charge in [0.1, 0.15) is 0 Å². The third-order valence-electron chi connectivity index (χ3n) is 4.62. The zero-order valence-electron chi connectivity index (χ0n) is 9.04. The van der Waals surface area contributed by atoms with Gasteiger partial charge in [0.2, 0.25) is 0 Å². The second kappa shape index (κ2) is 3.82. The summed E-state index contributed by atoms with van der Waals surface area (Å²) in [5.74, 6) is 2.10. The van der Waals surface area contributed by atoms with Gasteiger partial charge in [-0.05, 0) is 70.1 Å². The highest BCUT2D eigenvalue weighted by Crippen LogP contribution is 2.37. The van der Waals surface area contributed by atoms with Crippen LogP contribution in [0, 0.1) is 11.8 Å². The molecule has 1 atom stereocenters. The second-order valence-electron chi connectivity index (χ2n) is 5.37. The summed E-state index contributed by atoms with van der Waals surface area (Å²) in [6.45, 7) is 5.33. The molecule has 4 fully saturated rings. The summed E-state index contributed by atoms with van der Waals surface area (Å²) in [4.78, 5) is 2.79. The molecule has 0 saturated carbocycles. The molecule has 1 unspecified atom stereocenters. The van der Waals surface area contributed by atoms with E-state index in [9.17, 15) is 0 Å². The predicted octanol–water partition coefficient (Wildman–Crippen LogP) is 1.47. The Labute approximate surface area is 87.0 Å². The number of nitrogens with one attached hydrogen (secondary N) is 1. The largest absolute Gasteiger partial charge is 0.317 e. The summed E-state index contributed by atoms with van der Waals surface area (Å²) in [5.41, 5.74) is 0. The smallest absolute Gasteiger partial charge is 0.0127 e. The lowest BCUT2D eigenvalue weighted by molar-refractivity contribution is 0.00950. The highest BCUT2D eigenvalue weighted by atomic mass is 15.2. The van der Waals surface area contributed by atoms with E-state index in [1.54, 1.807) is 0 Å². The molecular formula is C12H22N2. The van der Waals surface area contributed by atoms with E-state index in [0.29, 0.717) is 0 Å². The van der Waals surface area contributed by atoms with E-state index in [4.69, 9.17) is 0 Å². The van der Waals surface area contributed by atoms with Crippen LogP contribution in [0.4, 0.5) is 0 Å². The molecule has 0 radical (unpaired) electrons. The average molecular weight is 194 g/mol. The molecule has 0 spiro atoms. The van der Waals surface area contributed by atoms with Gasteiger partial charge in [-0.3, -0.25) is 0 Å². The molecule has 0 aromatic rings. The van der Waals surface area contributed by atoms with Crippen molar-refractivity contribution in [2.24, 2.45) is 11.8 Å². The molecule has 2 heteroatoms.